The van der Waals surface area contributed by atoms with Gasteiger partial charge in [-0.25, -0.2) is 0 Å². The van der Waals surface area contributed by atoms with Crippen molar-refractivity contribution in [3.8, 4) is 5.75 Å². The molecule has 20 heavy (non-hydrogen) atoms. The molecule has 3 nitrogen and oxygen atoms in total. The summed E-state index contributed by atoms with van der Waals surface area (Å²) < 4.78 is 5.71. The molecule has 2 aromatic carbocycles. The average Bonchev–Trinajstić information content (AvgIpc) is 2.47. The SMILES string of the molecule is CO/N=C(\C)c1ccc(OCc2ccc(Cl)cc2)cc1. The Morgan fingerprint density at radius 2 is 1.70 bits per heavy atom. The molecular weight excluding hydrogens is 274 g/mol. The molecule has 0 spiro atoms. The van der Waals surface area contributed by atoms with Gasteiger partial charge in [0.2, 0.25) is 0 Å². The summed E-state index contributed by atoms with van der Waals surface area (Å²) in [5.74, 6) is 0.814. The first-order chi connectivity index (χ1) is 9.69. The molecule has 0 saturated heterocycles. The van der Waals surface area contributed by atoms with Gasteiger partial charge in [0, 0.05) is 5.02 Å². The summed E-state index contributed by atoms with van der Waals surface area (Å²) in [4.78, 5) is 4.75. The molecule has 0 amide bonds. The minimum atomic E-state index is 0.516. The molecule has 0 aliphatic rings. The van der Waals surface area contributed by atoms with E-state index in [9.17, 15) is 0 Å². The molecule has 2 rings (SSSR count). The van der Waals surface area contributed by atoms with Crippen molar-refractivity contribution in [1.29, 1.82) is 0 Å². The van der Waals surface area contributed by atoms with Crippen molar-refractivity contribution in [2.45, 2.75) is 13.5 Å². The van der Waals surface area contributed by atoms with Crippen LogP contribution in [0.25, 0.3) is 0 Å². The van der Waals surface area contributed by atoms with Gasteiger partial charge in [-0.05, 0) is 54.4 Å². The van der Waals surface area contributed by atoms with E-state index >= 15 is 0 Å². The van der Waals surface area contributed by atoms with Crippen LogP contribution >= 0.6 is 11.6 Å². The Kier molecular flexibility index (Phi) is 5.02. The largest absolute Gasteiger partial charge is 0.489 e. The highest BCUT2D eigenvalue weighted by Gasteiger charge is 2.00. The maximum atomic E-state index is 5.84. The standard InChI is InChI=1S/C16H16ClNO2/c1-12(18-19-2)14-5-9-16(10-6-14)20-11-13-3-7-15(17)8-4-13/h3-10H,11H2,1-2H3/b18-12+. The van der Waals surface area contributed by atoms with Crippen molar-refractivity contribution in [3.63, 3.8) is 0 Å². The first kappa shape index (κ1) is 14.4. The second kappa shape index (κ2) is 6.96. The highest BCUT2D eigenvalue weighted by molar-refractivity contribution is 6.30. The van der Waals surface area contributed by atoms with E-state index in [0.29, 0.717) is 6.61 Å². The molecule has 0 fully saturated rings. The smallest absolute Gasteiger partial charge is 0.119 e. The Morgan fingerprint density at radius 1 is 1.05 bits per heavy atom. The number of rotatable bonds is 5. The van der Waals surface area contributed by atoms with Gasteiger partial charge in [-0.15, -0.1) is 0 Å². The molecule has 4 heteroatoms. The topological polar surface area (TPSA) is 30.8 Å². The second-order valence-corrected chi connectivity index (χ2v) is 4.74. The predicted molar refractivity (Wildman–Crippen MR) is 81.4 cm³/mol. The third-order valence-electron chi connectivity index (χ3n) is 2.82. The Balaban J connectivity index is 1.97. The summed E-state index contributed by atoms with van der Waals surface area (Å²) in [6, 6.07) is 15.4. The number of hydrogen-bond acceptors (Lipinski definition) is 3. The third-order valence-corrected chi connectivity index (χ3v) is 3.07. The van der Waals surface area contributed by atoms with Gasteiger partial charge in [-0.3, -0.25) is 0 Å². The fourth-order valence-corrected chi connectivity index (χ4v) is 1.86. The summed E-state index contributed by atoms with van der Waals surface area (Å²) >= 11 is 5.84. The Hall–Kier alpha value is -2.00. The van der Waals surface area contributed by atoms with Crippen LogP contribution in [0.2, 0.25) is 5.02 Å². The van der Waals surface area contributed by atoms with E-state index < -0.39 is 0 Å². The quantitative estimate of drug-likeness (QED) is 0.607. The van der Waals surface area contributed by atoms with E-state index in [1.807, 2.05) is 55.5 Å². The zero-order valence-electron chi connectivity index (χ0n) is 11.5. The molecule has 0 heterocycles. The zero-order chi connectivity index (χ0) is 14.4. The van der Waals surface area contributed by atoms with E-state index in [1.54, 1.807) is 0 Å². The fraction of sp³-hybridized carbons (Fsp3) is 0.188. The van der Waals surface area contributed by atoms with Crippen LogP contribution < -0.4 is 4.74 Å². The Labute approximate surface area is 123 Å². The number of ether oxygens (including phenoxy) is 1. The lowest BCUT2D eigenvalue weighted by Gasteiger charge is -2.07. The van der Waals surface area contributed by atoms with Crippen LogP contribution in [0.5, 0.6) is 5.75 Å². The van der Waals surface area contributed by atoms with Crippen LogP contribution in [0.15, 0.2) is 53.7 Å². The summed E-state index contributed by atoms with van der Waals surface area (Å²) in [6.07, 6.45) is 0. The molecule has 2 aromatic rings. The maximum Gasteiger partial charge on any atom is 0.119 e. The molecule has 0 atom stereocenters. The van der Waals surface area contributed by atoms with Gasteiger partial charge in [-0.1, -0.05) is 28.9 Å². The van der Waals surface area contributed by atoms with Crippen molar-refractivity contribution >= 4 is 17.3 Å². The van der Waals surface area contributed by atoms with Crippen molar-refractivity contribution < 1.29 is 9.57 Å². The highest BCUT2D eigenvalue weighted by Crippen LogP contribution is 2.16. The molecule has 0 aromatic heterocycles. The number of halogens is 1. The minimum Gasteiger partial charge on any atom is -0.489 e. The van der Waals surface area contributed by atoms with Crippen molar-refractivity contribution in [2.24, 2.45) is 5.16 Å². The van der Waals surface area contributed by atoms with Crippen LogP contribution in [0, 0.1) is 0 Å². The molecule has 0 aliphatic heterocycles. The summed E-state index contributed by atoms with van der Waals surface area (Å²) in [5.41, 5.74) is 2.91. The molecule has 0 bridgehead atoms. The van der Waals surface area contributed by atoms with Gasteiger partial charge in [0.1, 0.15) is 19.5 Å². The summed E-state index contributed by atoms with van der Waals surface area (Å²) in [5, 5.41) is 4.62. The zero-order valence-corrected chi connectivity index (χ0v) is 12.2. The molecule has 104 valence electrons. The lowest BCUT2D eigenvalue weighted by molar-refractivity contribution is 0.213. The van der Waals surface area contributed by atoms with E-state index in [-0.39, 0.29) is 0 Å². The van der Waals surface area contributed by atoms with Crippen LogP contribution in [0.3, 0.4) is 0 Å². The van der Waals surface area contributed by atoms with Crippen LogP contribution in [0.4, 0.5) is 0 Å². The summed E-state index contributed by atoms with van der Waals surface area (Å²) in [6.45, 7) is 2.41. The minimum absolute atomic E-state index is 0.516. The second-order valence-electron chi connectivity index (χ2n) is 4.30. The molecule has 0 N–H and O–H groups in total. The molecule has 0 radical (unpaired) electrons. The first-order valence-electron chi connectivity index (χ1n) is 6.24. The molecule has 0 aliphatic carbocycles. The number of nitrogens with zero attached hydrogens (tertiary/aromatic N) is 1. The Morgan fingerprint density at radius 3 is 2.30 bits per heavy atom. The van der Waals surface area contributed by atoms with Crippen molar-refractivity contribution in [2.75, 3.05) is 7.11 Å². The predicted octanol–water partition coefficient (Wildman–Crippen LogP) is 4.29. The Bertz CT molecular complexity index is 576. The highest BCUT2D eigenvalue weighted by atomic mass is 35.5. The normalized spacial score (nSPS) is 11.2. The van der Waals surface area contributed by atoms with E-state index in [4.69, 9.17) is 21.2 Å². The fourth-order valence-electron chi connectivity index (χ4n) is 1.73. The van der Waals surface area contributed by atoms with Crippen molar-refractivity contribution in [3.05, 3.63) is 64.7 Å². The van der Waals surface area contributed by atoms with Crippen LogP contribution in [-0.2, 0) is 11.4 Å². The van der Waals surface area contributed by atoms with E-state index in [2.05, 4.69) is 5.16 Å². The van der Waals surface area contributed by atoms with Gasteiger partial charge >= 0.3 is 0 Å². The van der Waals surface area contributed by atoms with Crippen molar-refractivity contribution in [1.82, 2.24) is 0 Å². The number of benzene rings is 2. The van der Waals surface area contributed by atoms with Gasteiger partial charge in [-0.2, -0.15) is 0 Å². The third kappa shape index (κ3) is 4.00. The van der Waals surface area contributed by atoms with Gasteiger partial charge in [0.15, 0.2) is 0 Å². The maximum absolute atomic E-state index is 5.84. The first-order valence-corrected chi connectivity index (χ1v) is 6.62. The number of oxime groups is 1. The van der Waals surface area contributed by atoms with Crippen LogP contribution in [0.1, 0.15) is 18.1 Å². The van der Waals surface area contributed by atoms with E-state index in [1.165, 1.54) is 7.11 Å². The lowest BCUT2D eigenvalue weighted by atomic mass is 10.1. The van der Waals surface area contributed by atoms with Gasteiger partial charge in [0.05, 0.1) is 5.71 Å². The van der Waals surface area contributed by atoms with Gasteiger partial charge < -0.3 is 9.57 Å². The monoisotopic (exact) mass is 289 g/mol. The molecular formula is C16H16ClNO2. The van der Waals surface area contributed by atoms with Crippen LogP contribution in [-0.4, -0.2) is 12.8 Å². The van der Waals surface area contributed by atoms with Gasteiger partial charge in [0.25, 0.3) is 0 Å². The average molecular weight is 290 g/mol. The summed E-state index contributed by atoms with van der Waals surface area (Å²) in [7, 11) is 1.53. The number of hydrogen-bond donors (Lipinski definition) is 0. The molecule has 0 saturated carbocycles. The lowest BCUT2D eigenvalue weighted by Crippen LogP contribution is -1.97. The van der Waals surface area contributed by atoms with E-state index in [0.717, 1.165) is 27.6 Å². The molecule has 0 unspecified atom stereocenters.